The van der Waals surface area contributed by atoms with Gasteiger partial charge in [0.05, 0.1) is 23.5 Å². The maximum absolute atomic E-state index is 3.17. The Morgan fingerprint density at radius 3 is 1.23 bits per heavy atom. The van der Waals surface area contributed by atoms with Gasteiger partial charge in [0, 0.05) is 57.3 Å². The van der Waals surface area contributed by atoms with E-state index in [9.17, 15) is 0 Å². The minimum atomic E-state index is -0.0102. The molecule has 7 aromatic carbocycles. The molecule has 12 aliphatic rings. The van der Waals surface area contributed by atoms with E-state index in [4.69, 9.17) is 0 Å². The number of benzene rings is 7. The van der Waals surface area contributed by atoms with E-state index in [2.05, 4.69) is 243 Å². The molecule has 6 atom stereocenters. The van der Waals surface area contributed by atoms with Crippen molar-refractivity contribution in [1.82, 2.24) is 0 Å². The average molecular weight is 1300 g/mol. The molecule has 0 aromatic heterocycles. The summed E-state index contributed by atoms with van der Waals surface area (Å²) in [4.78, 5) is 11.6. The van der Waals surface area contributed by atoms with Gasteiger partial charge >= 0.3 is 0 Å². The van der Waals surface area contributed by atoms with Gasteiger partial charge in [0.15, 0.2) is 0 Å². The van der Waals surface area contributed by atoms with Gasteiger partial charge in [-0.3, -0.25) is 0 Å². The third-order valence-corrected chi connectivity index (χ3v) is 26.8. The number of aryl methyl sites for hydroxylation is 6. The van der Waals surface area contributed by atoms with Crippen molar-refractivity contribution < 1.29 is 0 Å². The molecule has 4 fully saturated rings. The SMILES string of the molecule is Cc1cc(C)c(N(c2ccccc2)c2ccc3c(c2)N(C2C(C4CC=CCC4)=CCCC2C2=CCCCC2)c2cc(C45CC6CC(CC(C6)C4)C5)cc4c2B3c2ccc(N(c3ccccc3)c3c(C)cc(C)cc3C)cc2N4C2C(C3CC=CCC3)=CCCC2C2=CCCCC2)c(C)c1. The lowest BCUT2D eigenvalue weighted by atomic mass is 9.33. The second kappa shape index (κ2) is 26.0. The number of allylic oxidation sites excluding steroid dienone is 8. The lowest BCUT2D eigenvalue weighted by Gasteiger charge is -2.58. The van der Waals surface area contributed by atoms with E-state index >= 15 is 0 Å². The Bertz CT molecular complexity index is 4140. The molecule has 99 heavy (non-hydrogen) atoms. The molecule has 4 nitrogen and oxygen atoms in total. The Labute approximate surface area is 593 Å². The van der Waals surface area contributed by atoms with E-state index in [0.717, 1.165) is 56.3 Å². The number of para-hydroxylation sites is 2. The Morgan fingerprint density at radius 1 is 0.404 bits per heavy atom. The third-order valence-electron chi connectivity index (χ3n) is 26.8. The van der Waals surface area contributed by atoms with E-state index in [-0.39, 0.29) is 24.2 Å². The predicted octanol–water partition coefficient (Wildman–Crippen LogP) is 23.5. The zero-order chi connectivity index (χ0) is 66.6. The summed E-state index contributed by atoms with van der Waals surface area (Å²) in [7, 11) is 0. The minimum absolute atomic E-state index is 0.0102. The zero-order valence-corrected chi connectivity index (χ0v) is 60.4. The second-order valence-corrected chi connectivity index (χ2v) is 33.3. The van der Waals surface area contributed by atoms with Gasteiger partial charge in [-0.15, -0.1) is 0 Å². The van der Waals surface area contributed by atoms with Crippen LogP contribution in [0.5, 0.6) is 0 Å². The smallest absolute Gasteiger partial charge is 0.252 e. The van der Waals surface area contributed by atoms with Crippen molar-refractivity contribution in [3.05, 3.63) is 243 Å². The van der Waals surface area contributed by atoms with Crippen LogP contribution in [0.15, 0.2) is 204 Å². The summed E-state index contributed by atoms with van der Waals surface area (Å²) in [6, 6.07) is 54.8. The summed E-state index contributed by atoms with van der Waals surface area (Å²) < 4.78 is 0. The Morgan fingerprint density at radius 2 is 0.838 bits per heavy atom. The minimum Gasteiger partial charge on any atom is -0.334 e. The lowest BCUT2D eigenvalue weighted by molar-refractivity contribution is -0.00515. The molecule has 7 aromatic rings. The van der Waals surface area contributed by atoms with Crippen LogP contribution in [0.2, 0.25) is 0 Å². The highest BCUT2D eigenvalue weighted by atomic mass is 15.2. The monoisotopic (exact) mass is 1300 g/mol. The van der Waals surface area contributed by atoms with E-state index in [1.165, 1.54) is 217 Å². The fourth-order valence-electron chi connectivity index (χ4n) is 23.4. The Hall–Kier alpha value is -7.76. The van der Waals surface area contributed by atoms with Crippen molar-refractivity contribution in [1.29, 1.82) is 0 Å². The van der Waals surface area contributed by atoms with Crippen LogP contribution in [0.25, 0.3) is 0 Å². The average Bonchev–Trinajstić information content (AvgIpc) is 0.685. The van der Waals surface area contributed by atoms with Crippen molar-refractivity contribution in [3.63, 3.8) is 0 Å². The molecule has 0 radical (unpaired) electrons. The van der Waals surface area contributed by atoms with Gasteiger partial charge in [-0.2, -0.15) is 0 Å². The van der Waals surface area contributed by atoms with Crippen molar-refractivity contribution in [2.45, 2.75) is 213 Å². The van der Waals surface area contributed by atoms with Crippen LogP contribution >= 0.6 is 0 Å². The first-order valence-electron chi connectivity index (χ1n) is 39.5. The first kappa shape index (κ1) is 63.4. The van der Waals surface area contributed by atoms with Crippen molar-refractivity contribution in [3.8, 4) is 0 Å². The normalized spacial score (nSPS) is 27.4. The predicted molar refractivity (Wildman–Crippen MR) is 421 cm³/mol. The molecule has 0 saturated heterocycles. The standard InChI is InChI=1S/C94H105BN4/c1-61-47-63(3)90(64(4)48-61)96(75-35-21-11-22-36-75)77-43-45-83-85(56-77)98(92-79(70-27-13-7-14-28-70)39-25-40-80(92)71-29-15-8-16-30-71)87-54-74(94-58-67-51-68(59-94)53-69(52-67)60-94)55-88-89(87)95(83)84-46-44-78(97(76-37-23-12-24-38-76)91-65(5)49-62(2)50-66(91)6)57-86(84)99(88)93-81(72-31-17-9-18-32-72)41-26-42-82(93)73-33-19-10-20-34-73/h7,9,11-13,17,21-24,29,33,35-39,41,43-50,54-57,67-70,72,80,82,92-93H,8,10,14-16,18-20,25-28,30-32,34,40,42,51-53,58-60H2,1-6H3. The maximum atomic E-state index is 3.17. The largest absolute Gasteiger partial charge is 0.334 e. The van der Waals surface area contributed by atoms with Crippen LogP contribution in [-0.2, 0) is 5.41 Å². The zero-order valence-electron chi connectivity index (χ0n) is 60.4. The number of rotatable bonds is 13. The highest BCUT2D eigenvalue weighted by Gasteiger charge is 2.55. The highest BCUT2D eigenvalue weighted by Crippen LogP contribution is 2.63. The molecule has 10 aliphatic carbocycles. The van der Waals surface area contributed by atoms with Crippen molar-refractivity contribution in [2.24, 2.45) is 41.4 Å². The van der Waals surface area contributed by atoms with Gasteiger partial charge in [-0.25, -0.2) is 0 Å². The van der Waals surface area contributed by atoms with Gasteiger partial charge in [0.1, 0.15) is 0 Å². The molecular formula is C94H105BN4. The summed E-state index contributed by atoms with van der Waals surface area (Å²) in [5.74, 6) is 4.28. The van der Waals surface area contributed by atoms with E-state index < -0.39 is 0 Å². The van der Waals surface area contributed by atoms with Gasteiger partial charge < -0.3 is 19.6 Å². The summed E-state index contributed by atoms with van der Waals surface area (Å²) in [5, 5.41) is 0. The number of fused-ring (bicyclic) bond motifs is 4. The number of hydrogen-bond acceptors (Lipinski definition) is 4. The van der Waals surface area contributed by atoms with E-state index in [1.807, 2.05) is 0 Å². The molecule has 6 unspecified atom stereocenters. The van der Waals surface area contributed by atoms with E-state index in [0.29, 0.717) is 23.7 Å². The fraction of sp³-hybridized carbons (Fsp3) is 0.426. The quantitative estimate of drug-likeness (QED) is 0.0843. The summed E-state index contributed by atoms with van der Waals surface area (Å²) in [6.07, 6.45) is 51.4. The fourth-order valence-corrected chi connectivity index (χ4v) is 23.4. The van der Waals surface area contributed by atoms with Crippen LogP contribution in [-0.4, -0.2) is 18.8 Å². The van der Waals surface area contributed by atoms with Gasteiger partial charge in [-0.05, 0) is 347 Å². The molecule has 2 heterocycles. The number of anilines is 10. The lowest BCUT2D eigenvalue weighted by Crippen LogP contribution is -2.65. The number of nitrogens with zero attached hydrogens (tertiary/aromatic N) is 4. The van der Waals surface area contributed by atoms with Crippen molar-refractivity contribution >= 4 is 80.0 Å². The van der Waals surface area contributed by atoms with Gasteiger partial charge in [-0.1, -0.05) is 144 Å². The topological polar surface area (TPSA) is 13.0 Å². The van der Waals surface area contributed by atoms with E-state index in [1.54, 1.807) is 33.3 Å². The molecule has 4 saturated carbocycles. The molecule has 0 N–H and O–H groups in total. The molecule has 504 valence electrons. The Kier molecular flexibility index (Phi) is 16.7. The highest BCUT2D eigenvalue weighted by molar-refractivity contribution is 7.00. The second-order valence-electron chi connectivity index (χ2n) is 33.3. The molecule has 5 heteroatoms. The maximum Gasteiger partial charge on any atom is 0.252 e. The summed E-state index contributed by atoms with van der Waals surface area (Å²) >= 11 is 0. The molecule has 4 bridgehead atoms. The molecule has 0 spiro atoms. The summed E-state index contributed by atoms with van der Waals surface area (Å²) in [6.45, 7) is 13.9. The summed E-state index contributed by atoms with van der Waals surface area (Å²) in [5.41, 5.74) is 34.5. The first-order valence-corrected chi connectivity index (χ1v) is 39.5. The third kappa shape index (κ3) is 11.1. The van der Waals surface area contributed by atoms with Crippen LogP contribution in [0.4, 0.5) is 56.9 Å². The first-order chi connectivity index (χ1) is 48.5. The van der Waals surface area contributed by atoms with Crippen LogP contribution in [0.3, 0.4) is 0 Å². The van der Waals surface area contributed by atoms with Crippen molar-refractivity contribution in [2.75, 3.05) is 19.6 Å². The van der Waals surface area contributed by atoms with Crippen LogP contribution in [0, 0.1) is 83.0 Å². The number of hydrogen-bond donors (Lipinski definition) is 0. The van der Waals surface area contributed by atoms with Crippen LogP contribution in [0.1, 0.15) is 193 Å². The molecular weight excluding hydrogens is 1200 g/mol. The molecule has 19 rings (SSSR count). The van der Waals surface area contributed by atoms with Gasteiger partial charge in [0.2, 0.25) is 0 Å². The molecule has 0 amide bonds. The van der Waals surface area contributed by atoms with Crippen LogP contribution < -0.4 is 36.0 Å². The molecule has 2 aliphatic heterocycles. The van der Waals surface area contributed by atoms with Gasteiger partial charge in [0.25, 0.3) is 6.71 Å². The Balaban J connectivity index is 0.972.